The normalized spacial score (nSPS) is 18.8. The van der Waals surface area contributed by atoms with Gasteiger partial charge in [-0.2, -0.15) is 0 Å². The minimum absolute atomic E-state index is 0.464. The number of thiazole rings is 1. The van der Waals surface area contributed by atoms with Crippen molar-refractivity contribution in [2.24, 2.45) is 0 Å². The minimum Gasteiger partial charge on any atom is -0.480 e. The summed E-state index contributed by atoms with van der Waals surface area (Å²) < 4.78 is 0. The van der Waals surface area contributed by atoms with Gasteiger partial charge >= 0.3 is 5.97 Å². The predicted molar refractivity (Wildman–Crippen MR) is 77.7 cm³/mol. The van der Waals surface area contributed by atoms with E-state index in [0.717, 1.165) is 16.3 Å². The second kappa shape index (κ2) is 5.34. The Morgan fingerprint density at radius 3 is 2.85 bits per heavy atom. The first-order chi connectivity index (χ1) is 9.63. The van der Waals surface area contributed by atoms with E-state index in [4.69, 9.17) is 0 Å². The highest BCUT2D eigenvalue weighted by molar-refractivity contribution is 7.09. The first kappa shape index (κ1) is 13.3. The standard InChI is InChI=1S/C15H16N2O2S/c1-10-9-20-14(16-10)8-17-7-12-5-3-2-4-11(12)6-13(17)15(18)19/h2-5,9,13H,6-8H2,1H3,(H,18,19). The molecule has 2 aromatic rings. The van der Waals surface area contributed by atoms with Crippen LogP contribution in [0.5, 0.6) is 0 Å². The van der Waals surface area contributed by atoms with E-state index in [2.05, 4.69) is 11.1 Å². The van der Waals surface area contributed by atoms with Crippen molar-refractivity contribution in [3.05, 3.63) is 51.5 Å². The summed E-state index contributed by atoms with van der Waals surface area (Å²) in [6.07, 6.45) is 0.565. The van der Waals surface area contributed by atoms with Crippen molar-refractivity contribution in [2.45, 2.75) is 32.5 Å². The molecule has 1 aromatic heterocycles. The molecule has 2 heterocycles. The van der Waals surface area contributed by atoms with Crippen LogP contribution in [0.2, 0.25) is 0 Å². The average molecular weight is 288 g/mol. The third-order valence-electron chi connectivity index (χ3n) is 3.64. The maximum absolute atomic E-state index is 11.5. The molecule has 0 aliphatic carbocycles. The fourth-order valence-electron chi connectivity index (χ4n) is 2.64. The number of fused-ring (bicyclic) bond motifs is 1. The van der Waals surface area contributed by atoms with Crippen molar-refractivity contribution < 1.29 is 9.90 Å². The molecular weight excluding hydrogens is 272 g/mol. The van der Waals surface area contributed by atoms with Crippen LogP contribution in [-0.2, 0) is 24.3 Å². The summed E-state index contributed by atoms with van der Waals surface area (Å²) in [5.74, 6) is -0.757. The molecule has 0 saturated heterocycles. The van der Waals surface area contributed by atoms with Crippen LogP contribution in [0, 0.1) is 6.92 Å². The molecule has 3 rings (SSSR count). The quantitative estimate of drug-likeness (QED) is 0.942. The number of benzene rings is 1. The summed E-state index contributed by atoms with van der Waals surface area (Å²) in [6, 6.07) is 7.61. The monoisotopic (exact) mass is 288 g/mol. The molecule has 1 aliphatic rings. The van der Waals surface area contributed by atoms with Gasteiger partial charge in [-0.1, -0.05) is 24.3 Å². The Kier molecular flexibility index (Phi) is 3.54. The molecule has 0 radical (unpaired) electrons. The van der Waals surface area contributed by atoms with Crippen LogP contribution in [-0.4, -0.2) is 27.0 Å². The van der Waals surface area contributed by atoms with E-state index < -0.39 is 12.0 Å². The SMILES string of the molecule is Cc1csc(CN2Cc3ccccc3CC2C(=O)O)n1. The van der Waals surface area contributed by atoms with Gasteiger partial charge in [0.25, 0.3) is 0 Å². The summed E-state index contributed by atoms with van der Waals surface area (Å²) in [6.45, 7) is 3.23. The van der Waals surface area contributed by atoms with Gasteiger partial charge in [0.15, 0.2) is 0 Å². The van der Waals surface area contributed by atoms with Crippen LogP contribution in [0.4, 0.5) is 0 Å². The zero-order valence-electron chi connectivity index (χ0n) is 11.2. The van der Waals surface area contributed by atoms with Crippen LogP contribution >= 0.6 is 11.3 Å². The second-order valence-corrected chi connectivity index (χ2v) is 6.06. The predicted octanol–water partition coefficient (Wildman–Crippen LogP) is 2.46. The summed E-state index contributed by atoms with van der Waals surface area (Å²) in [7, 11) is 0. The van der Waals surface area contributed by atoms with E-state index in [1.54, 1.807) is 11.3 Å². The third-order valence-corrected chi connectivity index (χ3v) is 4.59. The molecule has 4 nitrogen and oxygen atoms in total. The largest absolute Gasteiger partial charge is 0.480 e. The van der Waals surface area contributed by atoms with Crippen LogP contribution in [0.25, 0.3) is 0 Å². The van der Waals surface area contributed by atoms with Gasteiger partial charge < -0.3 is 5.11 Å². The van der Waals surface area contributed by atoms with Gasteiger partial charge in [-0.3, -0.25) is 9.69 Å². The van der Waals surface area contributed by atoms with Crippen LogP contribution < -0.4 is 0 Å². The maximum Gasteiger partial charge on any atom is 0.321 e. The van der Waals surface area contributed by atoms with E-state index in [9.17, 15) is 9.90 Å². The Labute approximate surface area is 121 Å². The van der Waals surface area contributed by atoms with E-state index in [1.165, 1.54) is 5.56 Å². The molecule has 1 aliphatic heterocycles. The number of carbonyl (C=O) groups is 1. The first-order valence-corrected chi connectivity index (χ1v) is 7.46. The van der Waals surface area contributed by atoms with E-state index in [-0.39, 0.29) is 0 Å². The number of nitrogens with zero attached hydrogens (tertiary/aromatic N) is 2. The molecule has 1 N–H and O–H groups in total. The van der Waals surface area contributed by atoms with Gasteiger partial charge in [0.05, 0.1) is 6.54 Å². The van der Waals surface area contributed by atoms with Crippen LogP contribution in [0.3, 0.4) is 0 Å². The number of aromatic nitrogens is 1. The van der Waals surface area contributed by atoms with Gasteiger partial charge in [0.1, 0.15) is 11.0 Å². The lowest BCUT2D eigenvalue weighted by Gasteiger charge is -2.33. The topological polar surface area (TPSA) is 53.4 Å². The minimum atomic E-state index is -0.757. The number of hydrogen-bond acceptors (Lipinski definition) is 4. The molecular formula is C15H16N2O2S. The Hall–Kier alpha value is -1.72. The molecule has 0 spiro atoms. The first-order valence-electron chi connectivity index (χ1n) is 6.58. The van der Waals surface area contributed by atoms with E-state index in [0.29, 0.717) is 19.5 Å². The zero-order chi connectivity index (χ0) is 14.1. The lowest BCUT2D eigenvalue weighted by atomic mass is 9.94. The fourth-order valence-corrected chi connectivity index (χ4v) is 3.43. The lowest BCUT2D eigenvalue weighted by Crippen LogP contribution is -2.44. The molecule has 1 aromatic carbocycles. The molecule has 0 bridgehead atoms. The fraction of sp³-hybridized carbons (Fsp3) is 0.333. The summed E-state index contributed by atoms with van der Waals surface area (Å²) in [4.78, 5) is 18.0. The number of aliphatic carboxylic acids is 1. The average Bonchev–Trinajstić information content (AvgIpc) is 2.83. The number of rotatable bonds is 3. The summed E-state index contributed by atoms with van der Waals surface area (Å²) >= 11 is 1.59. The van der Waals surface area contributed by atoms with Crippen molar-refractivity contribution in [3.8, 4) is 0 Å². The highest BCUT2D eigenvalue weighted by Crippen LogP contribution is 2.25. The van der Waals surface area contributed by atoms with Gasteiger partial charge in [0, 0.05) is 17.6 Å². The Morgan fingerprint density at radius 1 is 1.45 bits per heavy atom. The molecule has 1 atom stereocenters. The zero-order valence-corrected chi connectivity index (χ0v) is 12.1. The Morgan fingerprint density at radius 2 is 2.20 bits per heavy atom. The molecule has 1 unspecified atom stereocenters. The molecule has 20 heavy (non-hydrogen) atoms. The smallest absolute Gasteiger partial charge is 0.321 e. The third kappa shape index (κ3) is 2.59. The van der Waals surface area contributed by atoms with Gasteiger partial charge in [-0.25, -0.2) is 4.98 Å². The van der Waals surface area contributed by atoms with Crippen LogP contribution in [0.15, 0.2) is 29.6 Å². The summed E-state index contributed by atoms with van der Waals surface area (Å²) in [5.41, 5.74) is 3.36. The maximum atomic E-state index is 11.5. The molecule has 0 amide bonds. The van der Waals surface area contributed by atoms with Crippen molar-refractivity contribution in [2.75, 3.05) is 0 Å². The summed E-state index contributed by atoms with van der Waals surface area (Å²) in [5, 5.41) is 12.4. The lowest BCUT2D eigenvalue weighted by molar-refractivity contribution is -0.144. The van der Waals surface area contributed by atoms with E-state index in [1.807, 2.05) is 35.4 Å². The van der Waals surface area contributed by atoms with Crippen LogP contribution in [0.1, 0.15) is 21.8 Å². The highest BCUT2D eigenvalue weighted by atomic mass is 32.1. The molecule has 104 valence electrons. The van der Waals surface area contributed by atoms with Gasteiger partial charge in [0.2, 0.25) is 0 Å². The highest BCUT2D eigenvalue weighted by Gasteiger charge is 2.31. The van der Waals surface area contributed by atoms with Crippen molar-refractivity contribution in [1.82, 2.24) is 9.88 Å². The van der Waals surface area contributed by atoms with Crippen molar-refractivity contribution in [3.63, 3.8) is 0 Å². The second-order valence-electron chi connectivity index (χ2n) is 5.11. The van der Waals surface area contributed by atoms with Gasteiger partial charge in [-0.15, -0.1) is 11.3 Å². The number of carboxylic acid groups (broad SMARTS) is 1. The molecule has 0 fully saturated rings. The number of hydrogen-bond donors (Lipinski definition) is 1. The molecule has 5 heteroatoms. The van der Waals surface area contributed by atoms with Crippen molar-refractivity contribution in [1.29, 1.82) is 0 Å². The van der Waals surface area contributed by atoms with E-state index >= 15 is 0 Å². The van der Waals surface area contributed by atoms with Gasteiger partial charge in [-0.05, 0) is 24.5 Å². The van der Waals surface area contributed by atoms with Crippen molar-refractivity contribution >= 4 is 17.3 Å². The Balaban J connectivity index is 1.86. The Bertz CT molecular complexity index is 638. The number of carboxylic acids is 1. The number of aryl methyl sites for hydroxylation is 1. The molecule has 0 saturated carbocycles.